The first kappa shape index (κ1) is 12.7. The summed E-state index contributed by atoms with van der Waals surface area (Å²) in [5.41, 5.74) is 2.03. The first-order chi connectivity index (χ1) is 9.83. The predicted octanol–water partition coefficient (Wildman–Crippen LogP) is 2.08. The molecule has 2 heterocycles. The average Bonchev–Trinajstić information content (AvgIpc) is 3.09. The number of hydrogen-bond acceptors (Lipinski definition) is 6. The van der Waals surface area contributed by atoms with Crippen molar-refractivity contribution in [1.82, 2.24) is 25.2 Å². The van der Waals surface area contributed by atoms with Gasteiger partial charge in [0, 0.05) is 18.3 Å². The zero-order valence-electron chi connectivity index (χ0n) is 11.0. The molecule has 0 saturated carbocycles. The van der Waals surface area contributed by atoms with Gasteiger partial charge in [-0.05, 0) is 29.5 Å². The van der Waals surface area contributed by atoms with E-state index < -0.39 is 0 Å². The fourth-order valence-electron chi connectivity index (χ4n) is 1.87. The Morgan fingerprint density at radius 3 is 2.85 bits per heavy atom. The Labute approximate surface area is 120 Å². The molecular weight excluding hydrogens is 272 g/mol. The number of aromatic nitrogens is 5. The Balaban J connectivity index is 1.65. The second-order valence-corrected chi connectivity index (χ2v) is 5.35. The molecule has 1 aromatic carbocycles. The van der Waals surface area contributed by atoms with Crippen LogP contribution in [0.2, 0.25) is 0 Å². The zero-order valence-corrected chi connectivity index (χ0v) is 11.8. The van der Waals surface area contributed by atoms with E-state index in [9.17, 15) is 0 Å². The van der Waals surface area contributed by atoms with Gasteiger partial charge in [-0.1, -0.05) is 23.3 Å². The van der Waals surface area contributed by atoms with Crippen LogP contribution in [0, 0.1) is 6.92 Å². The lowest BCUT2D eigenvalue weighted by molar-refractivity contribution is 0.788. The Kier molecular flexibility index (Phi) is 3.69. The summed E-state index contributed by atoms with van der Waals surface area (Å²) in [6, 6.07) is 9.81. The monoisotopic (exact) mass is 286 g/mol. The molecule has 0 spiro atoms. The van der Waals surface area contributed by atoms with E-state index in [0.29, 0.717) is 5.95 Å². The van der Waals surface area contributed by atoms with Crippen LogP contribution in [0.3, 0.4) is 0 Å². The first-order valence-corrected chi connectivity index (χ1v) is 7.19. The number of tetrazole rings is 1. The van der Waals surface area contributed by atoms with Gasteiger partial charge in [0.2, 0.25) is 5.95 Å². The standard InChI is InChI=1S/C13H14N6S/c1-10-15-11(9-20-10)7-8-14-13-16-17-18-19(13)12-5-3-2-4-6-12/h2-6,9H,7-8H2,1H3,(H,14,16,18). The van der Waals surface area contributed by atoms with Crippen molar-refractivity contribution in [3.8, 4) is 5.69 Å². The maximum atomic E-state index is 4.43. The Morgan fingerprint density at radius 1 is 1.25 bits per heavy atom. The number of benzene rings is 1. The second kappa shape index (κ2) is 5.79. The van der Waals surface area contributed by atoms with Crippen LogP contribution in [0.15, 0.2) is 35.7 Å². The van der Waals surface area contributed by atoms with E-state index in [1.54, 1.807) is 16.0 Å². The topological polar surface area (TPSA) is 68.5 Å². The van der Waals surface area contributed by atoms with Crippen LogP contribution in [-0.2, 0) is 6.42 Å². The largest absolute Gasteiger partial charge is 0.352 e. The maximum Gasteiger partial charge on any atom is 0.247 e. The highest BCUT2D eigenvalue weighted by atomic mass is 32.1. The van der Waals surface area contributed by atoms with Crippen LogP contribution in [0.5, 0.6) is 0 Å². The van der Waals surface area contributed by atoms with Crippen molar-refractivity contribution in [3.63, 3.8) is 0 Å². The minimum atomic E-state index is 0.642. The van der Waals surface area contributed by atoms with Gasteiger partial charge in [-0.15, -0.1) is 11.3 Å². The highest BCUT2D eigenvalue weighted by Crippen LogP contribution is 2.11. The normalized spacial score (nSPS) is 10.7. The minimum Gasteiger partial charge on any atom is -0.352 e. The molecule has 0 aliphatic carbocycles. The van der Waals surface area contributed by atoms with E-state index >= 15 is 0 Å². The van der Waals surface area contributed by atoms with E-state index in [0.717, 1.165) is 29.4 Å². The molecule has 7 heteroatoms. The van der Waals surface area contributed by atoms with Gasteiger partial charge in [0.1, 0.15) is 0 Å². The van der Waals surface area contributed by atoms with Crippen LogP contribution >= 0.6 is 11.3 Å². The summed E-state index contributed by atoms with van der Waals surface area (Å²) in [5, 5.41) is 18.1. The molecule has 1 N–H and O–H groups in total. The van der Waals surface area contributed by atoms with Gasteiger partial charge in [-0.25, -0.2) is 4.98 Å². The van der Waals surface area contributed by atoms with Crippen molar-refractivity contribution in [2.24, 2.45) is 0 Å². The summed E-state index contributed by atoms with van der Waals surface area (Å²) >= 11 is 1.67. The second-order valence-electron chi connectivity index (χ2n) is 4.28. The molecule has 3 aromatic rings. The highest BCUT2D eigenvalue weighted by Gasteiger charge is 2.07. The maximum absolute atomic E-state index is 4.43. The molecule has 3 rings (SSSR count). The van der Waals surface area contributed by atoms with Crippen LogP contribution in [0.4, 0.5) is 5.95 Å². The summed E-state index contributed by atoms with van der Waals surface area (Å²) in [4.78, 5) is 4.43. The number of para-hydroxylation sites is 1. The van der Waals surface area contributed by atoms with Gasteiger partial charge >= 0.3 is 0 Å². The lowest BCUT2D eigenvalue weighted by atomic mass is 10.3. The van der Waals surface area contributed by atoms with Crippen molar-refractivity contribution >= 4 is 17.3 Å². The number of hydrogen-bond donors (Lipinski definition) is 1. The van der Waals surface area contributed by atoms with Crippen molar-refractivity contribution in [2.45, 2.75) is 13.3 Å². The van der Waals surface area contributed by atoms with Gasteiger partial charge in [0.25, 0.3) is 0 Å². The molecule has 0 unspecified atom stereocenters. The molecule has 0 aliphatic heterocycles. The summed E-state index contributed by atoms with van der Waals surface area (Å²) in [5.74, 6) is 0.642. The molecule has 0 saturated heterocycles. The van der Waals surface area contributed by atoms with E-state index in [4.69, 9.17) is 0 Å². The SMILES string of the molecule is Cc1nc(CCNc2nnnn2-c2ccccc2)cs1. The van der Waals surface area contributed by atoms with Crippen molar-refractivity contribution in [1.29, 1.82) is 0 Å². The van der Waals surface area contributed by atoms with Gasteiger partial charge < -0.3 is 5.32 Å². The molecule has 0 atom stereocenters. The minimum absolute atomic E-state index is 0.642. The third kappa shape index (κ3) is 2.83. The Hall–Kier alpha value is -2.28. The number of nitrogens with one attached hydrogen (secondary N) is 1. The van der Waals surface area contributed by atoms with E-state index in [1.807, 2.05) is 37.3 Å². The average molecular weight is 286 g/mol. The van der Waals surface area contributed by atoms with Gasteiger partial charge in [0.15, 0.2) is 0 Å². The fraction of sp³-hybridized carbons (Fsp3) is 0.231. The van der Waals surface area contributed by atoms with Gasteiger partial charge in [0.05, 0.1) is 16.4 Å². The fourth-order valence-corrected chi connectivity index (χ4v) is 2.51. The zero-order chi connectivity index (χ0) is 13.8. The van der Waals surface area contributed by atoms with Crippen LogP contribution in [0.1, 0.15) is 10.7 Å². The molecule has 2 aromatic heterocycles. The number of nitrogens with zero attached hydrogens (tertiary/aromatic N) is 5. The van der Waals surface area contributed by atoms with E-state index in [2.05, 4.69) is 31.2 Å². The van der Waals surface area contributed by atoms with E-state index in [-0.39, 0.29) is 0 Å². The lowest BCUT2D eigenvalue weighted by Gasteiger charge is -2.05. The van der Waals surface area contributed by atoms with Crippen LogP contribution in [0.25, 0.3) is 5.69 Å². The molecule has 102 valence electrons. The molecular formula is C13H14N6S. The molecule has 6 nitrogen and oxygen atoms in total. The molecule has 0 amide bonds. The third-order valence-corrected chi connectivity index (χ3v) is 3.62. The smallest absolute Gasteiger partial charge is 0.247 e. The van der Waals surface area contributed by atoms with Gasteiger partial charge in [-0.2, -0.15) is 4.68 Å². The van der Waals surface area contributed by atoms with Crippen LogP contribution < -0.4 is 5.32 Å². The lowest BCUT2D eigenvalue weighted by Crippen LogP contribution is -2.10. The number of rotatable bonds is 5. The summed E-state index contributed by atoms with van der Waals surface area (Å²) in [7, 11) is 0. The summed E-state index contributed by atoms with van der Waals surface area (Å²) in [6.07, 6.45) is 0.853. The summed E-state index contributed by atoms with van der Waals surface area (Å²) < 4.78 is 1.69. The predicted molar refractivity (Wildman–Crippen MR) is 78.2 cm³/mol. The third-order valence-electron chi connectivity index (χ3n) is 2.80. The number of thiazole rings is 1. The Bertz CT molecular complexity index is 675. The first-order valence-electron chi connectivity index (χ1n) is 6.31. The van der Waals surface area contributed by atoms with Crippen molar-refractivity contribution in [3.05, 3.63) is 46.4 Å². The number of aryl methyl sites for hydroxylation is 1. The van der Waals surface area contributed by atoms with E-state index in [1.165, 1.54) is 0 Å². The summed E-state index contributed by atoms with van der Waals surface area (Å²) in [6.45, 7) is 2.76. The molecule has 0 radical (unpaired) electrons. The van der Waals surface area contributed by atoms with Crippen molar-refractivity contribution in [2.75, 3.05) is 11.9 Å². The van der Waals surface area contributed by atoms with Crippen molar-refractivity contribution < 1.29 is 0 Å². The molecule has 20 heavy (non-hydrogen) atoms. The number of anilines is 1. The molecule has 0 fully saturated rings. The molecule has 0 aliphatic rings. The van der Waals surface area contributed by atoms with Crippen LogP contribution in [-0.4, -0.2) is 31.7 Å². The highest BCUT2D eigenvalue weighted by molar-refractivity contribution is 7.09. The van der Waals surface area contributed by atoms with Gasteiger partial charge in [-0.3, -0.25) is 0 Å². The Morgan fingerprint density at radius 2 is 2.10 bits per heavy atom. The molecule has 0 bridgehead atoms. The quantitative estimate of drug-likeness (QED) is 0.777.